The predicted octanol–water partition coefficient (Wildman–Crippen LogP) is 3.40. The normalized spacial score (nSPS) is 16.2. The number of hydrogen-bond donors (Lipinski definition) is 0. The summed E-state index contributed by atoms with van der Waals surface area (Å²) >= 11 is 3.40. The van der Waals surface area contributed by atoms with Crippen LogP contribution in [0, 0.1) is 12.8 Å². The number of benzene rings is 2. The van der Waals surface area contributed by atoms with E-state index < -0.39 is 33.8 Å². The summed E-state index contributed by atoms with van der Waals surface area (Å²) in [7, 11) is -1.41. The monoisotopic (exact) mass is 495 g/mol. The van der Waals surface area contributed by atoms with Gasteiger partial charge < -0.3 is 9.47 Å². The van der Waals surface area contributed by atoms with Crippen molar-refractivity contribution in [1.29, 1.82) is 0 Å². The Morgan fingerprint density at radius 1 is 1.07 bits per heavy atom. The molecule has 0 aliphatic carbocycles. The van der Waals surface area contributed by atoms with Crippen LogP contribution in [0.15, 0.2) is 51.8 Å². The zero-order valence-electron chi connectivity index (χ0n) is 16.8. The van der Waals surface area contributed by atoms with Crippen LogP contribution >= 0.6 is 15.9 Å². The number of rotatable bonds is 5. The number of sulfonamides is 1. The Labute approximate surface area is 184 Å². The summed E-state index contributed by atoms with van der Waals surface area (Å²) in [5.74, 6) is -3.20. The van der Waals surface area contributed by atoms with Gasteiger partial charge >= 0.3 is 11.9 Å². The molecule has 2 aromatic carbocycles. The number of hydrogen-bond acceptors (Lipinski definition) is 6. The Morgan fingerprint density at radius 2 is 1.67 bits per heavy atom. The maximum atomic E-state index is 13.3. The molecule has 30 heavy (non-hydrogen) atoms. The Bertz CT molecular complexity index is 1050. The van der Waals surface area contributed by atoms with E-state index in [0.717, 1.165) is 5.56 Å². The molecular formula is C21H22BrNO6S. The number of nitrogens with zero attached hydrogens (tertiary/aromatic N) is 1. The minimum Gasteiger partial charge on any atom is -0.468 e. The molecule has 0 unspecified atom stereocenters. The van der Waals surface area contributed by atoms with Crippen LogP contribution in [0.3, 0.4) is 0 Å². The van der Waals surface area contributed by atoms with E-state index in [2.05, 4.69) is 15.9 Å². The highest BCUT2D eigenvalue weighted by molar-refractivity contribution is 9.10. The fraction of sp³-hybridized carbons (Fsp3) is 0.333. The van der Waals surface area contributed by atoms with E-state index in [-0.39, 0.29) is 17.9 Å². The summed E-state index contributed by atoms with van der Waals surface area (Å²) in [6.45, 7) is 1.99. The maximum Gasteiger partial charge on any atom is 0.320 e. The summed E-state index contributed by atoms with van der Waals surface area (Å²) in [4.78, 5) is 24.9. The molecule has 0 bridgehead atoms. The summed E-state index contributed by atoms with van der Waals surface area (Å²) in [6, 6.07) is 11.8. The first kappa shape index (κ1) is 22.3. The van der Waals surface area contributed by atoms with Crippen LogP contribution in [0.5, 0.6) is 0 Å². The van der Waals surface area contributed by atoms with Gasteiger partial charge in [0.05, 0.1) is 24.8 Å². The van der Waals surface area contributed by atoms with Gasteiger partial charge in [0.15, 0.2) is 5.92 Å². The van der Waals surface area contributed by atoms with Gasteiger partial charge in [-0.05, 0) is 49.2 Å². The summed E-state index contributed by atoms with van der Waals surface area (Å²) < 4.78 is 38.3. The van der Waals surface area contributed by atoms with Gasteiger partial charge in [-0.1, -0.05) is 33.6 Å². The van der Waals surface area contributed by atoms with Crippen molar-refractivity contribution in [3.05, 3.63) is 58.1 Å². The lowest BCUT2D eigenvalue weighted by atomic mass is 9.80. The molecule has 0 aromatic heterocycles. The van der Waals surface area contributed by atoms with Crippen LogP contribution in [0.25, 0.3) is 0 Å². The van der Waals surface area contributed by atoms with E-state index >= 15 is 0 Å². The molecule has 0 amide bonds. The van der Waals surface area contributed by atoms with E-state index in [0.29, 0.717) is 15.7 Å². The summed E-state index contributed by atoms with van der Waals surface area (Å²) in [5.41, 5.74) is 1.94. The molecule has 1 heterocycles. The number of esters is 2. The average Bonchev–Trinajstić information content (AvgIpc) is 2.73. The van der Waals surface area contributed by atoms with Gasteiger partial charge in [0.2, 0.25) is 0 Å². The molecule has 9 heteroatoms. The maximum absolute atomic E-state index is 13.3. The molecular weight excluding hydrogens is 474 g/mol. The molecule has 0 fully saturated rings. The first-order valence-corrected chi connectivity index (χ1v) is 11.5. The van der Waals surface area contributed by atoms with E-state index in [9.17, 15) is 18.0 Å². The van der Waals surface area contributed by atoms with Crippen LogP contribution in [0.4, 0.5) is 5.69 Å². The minimum absolute atomic E-state index is 0.111. The standard InChI is InChI=1S/C21H22BrNO6S/c1-13-4-7-15(8-5-13)30(26,27)23-11-10-16(17-12-14(22)6-9-18(17)23)19(20(24)28-2)21(25)29-3/h4-9,12,16,19H,10-11H2,1-3H3/t16-/m0/s1. The van der Waals surface area contributed by atoms with Gasteiger partial charge in [-0.3, -0.25) is 13.9 Å². The van der Waals surface area contributed by atoms with Crippen LogP contribution < -0.4 is 4.31 Å². The molecule has 3 rings (SSSR count). The van der Waals surface area contributed by atoms with E-state index in [1.165, 1.54) is 18.5 Å². The number of ether oxygens (including phenoxy) is 2. The molecule has 160 valence electrons. The SMILES string of the molecule is COC(=O)C(C(=O)OC)[C@H]1CCN(S(=O)(=O)c2ccc(C)cc2)c2ccc(Br)cc21. The van der Waals surface area contributed by atoms with Crippen molar-refractivity contribution >= 4 is 43.6 Å². The molecule has 0 N–H and O–H groups in total. The highest BCUT2D eigenvalue weighted by atomic mass is 79.9. The first-order valence-electron chi connectivity index (χ1n) is 9.25. The lowest BCUT2D eigenvalue weighted by Crippen LogP contribution is -2.41. The van der Waals surface area contributed by atoms with Crippen molar-refractivity contribution in [2.45, 2.75) is 24.2 Å². The predicted molar refractivity (Wildman–Crippen MR) is 115 cm³/mol. The number of methoxy groups -OCH3 is 2. The lowest BCUT2D eigenvalue weighted by Gasteiger charge is -2.36. The third kappa shape index (κ3) is 4.09. The van der Waals surface area contributed by atoms with Gasteiger partial charge in [-0.15, -0.1) is 0 Å². The molecule has 1 atom stereocenters. The van der Waals surface area contributed by atoms with Gasteiger partial charge in [0.25, 0.3) is 10.0 Å². The fourth-order valence-corrected chi connectivity index (χ4v) is 5.58. The van der Waals surface area contributed by atoms with Gasteiger partial charge in [0, 0.05) is 16.9 Å². The third-order valence-corrected chi connectivity index (χ3v) is 7.54. The molecule has 0 radical (unpaired) electrons. The fourth-order valence-electron chi connectivity index (χ4n) is 3.69. The minimum atomic E-state index is -3.82. The van der Waals surface area contributed by atoms with Gasteiger partial charge in [0.1, 0.15) is 0 Å². The lowest BCUT2D eigenvalue weighted by molar-refractivity contribution is -0.160. The molecule has 0 spiro atoms. The Kier molecular flexibility index (Phi) is 6.52. The topological polar surface area (TPSA) is 90.0 Å². The molecule has 1 aliphatic heterocycles. The molecule has 1 aliphatic rings. The largest absolute Gasteiger partial charge is 0.468 e. The molecule has 0 saturated heterocycles. The number of aryl methyl sites for hydroxylation is 1. The third-order valence-electron chi connectivity index (χ3n) is 5.22. The summed E-state index contributed by atoms with van der Waals surface area (Å²) in [5, 5.41) is 0. The van der Waals surface area contributed by atoms with Crippen molar-refractivity contribution in [2.24, 2.45) is 5.92 Å². The van der Waals surface area contributed by atoms with Gasteiger partial charge in [-0.25, -0.2) is 8.42 Å². The number of anilines is 1. The van der Waals surface area contributed by atoms with Crippen molar-refractivity contribution in [1.82, 2.24) is 0 Å². The average molecular weight is 496 g/mol. The Balaban J connectivity index is 2.11. The van der Waals surface area contributed by atoms with Crippen LogP contribution in [-0.2, 0) is 29.1 Å². The zero-order chi connectivity index (χ0) is 22.1. The second-order valence-corrected chi connectivity index (χ2v) is 9.79. The van der Waals surface area contributed by atoms with Crippen molar-refractivity contribution in [3.8, 4) is 0 Å². The highest BCUT2D eigenvalue weighted by Gasteiger charge is 2.43. The zero-order valence-corrected chi connectivity index (χ0v) is 19.2. The number of carbonyl (C=O) groups excluding carboxylic acids is 2. The molecule has 2 aromatic rings. The number of halogens is 1. The molecule has 7 nitrogen and oxygen atoms in total. The van der Waals surface area contributed by atoms with Crippen molar-refractivity contribution in [2.75, 3.05) is 25.1 Å². The smallest absolute Gasteiger partial charge is 0.320 e. The second-order valence-electron chi connectivity index (χ2n) is 7.01. The Hall–Kier alpha value is -2.39. The summed E-state index contributed by atoms with van der Waals surface area (Å²) in [6.07, 6.45) is 0.253. The van der Waals surface area contributed by atoms with E-state index in [4.69, 9.17) is 9.47 Å². The quantitative estimate of drug-likeness (QED) is 0.466. The van der Waals surface area contributed by atoms with Gasteiger partial charge in [-0.2, -0.15) is 0 Å². The van der Waals surface area contributed by atoms with Crippen molar-refractivity contribution in [3.63, 3.8) is 0 Å². The highest BCUT2D eigenvalue weighted by Crippen LogP contribution is 2.43. The van der Waals surface area contributed by atoms with E-state index in [1.54, 1.807) is 42.5 Å². The Morgan fingerprint density at radius 3 is 2.23 bits per heavy atom. The van der Waals surface area contributed by atoms with E-state index in [1.807, 2.05) is 6.92 Å². The number of fused-ring (bicyclic) bond motifs is 1. The number of carbonyl (C=O) groups is 2. The van der Waals surface area contributed by atoms with Crippen molar-refractivity contribution < 1.29 is 27.5 Å². The molecule has 0 saturated carbocycles. The van der Waals surface area contributed by atoms with Crippen LogP contribution in [-0.4, -0.2) is 41.1 Å². The first-order chi connectivity index (χ1) is 14.2. The van der Waals surface area contributed by atoms with Crippen LogP contribution in [0.1, 0.15) is 23.5 Å². The van der Waals surface area contributed by atoms with Crippen LogP contribution in [0.2, 0.25) is 0 Å². The second kappa shape index (κ2) is 8.77.